The van der Waals surface area contributed by atoms with Crippen molar-refractivity contribution in [3.63, 3.8) is 0 Å². The summed E-state index contributed by atoms with van der Waals surface area (Å²) >= 11 is 0. The third-order valence-electron chi connectivity index (χ3n) is 1.61. The third kappa shape index (κ3) is 1.86. The fraction of sp³-hybridized carbons (Fsp3) is 0.429. The molecule has 7 nitrogen and oxygen atoms in total. The van der Waals surface area contributed by atoms with Gasteiger partial charge in [-0.25, -0.2) is 0 Å². The molecule has 0 aliphatic carbocycles. The van der Waals surface area contributed by atoms with Gasteiger partial charge in [-0.15, -0.1) is 0 Å². The maximum atomic E-state index is 10.5. The highest BCUT2D eigenvalue weighted by atomic mass is 16.6. The molecule has 0 bridgehead atoms. The summed E-state index contributed by atoms with van der Waals surface area (Å²) in [5.74, 6) is -0.288. The summed E-state index contributed by atoms with van der Waals surface area (Å²) in [6.07, 6.45) is 1.23. The number of methoxy groups -OCH3 is 1. The van der Waals surface area contributed by atoms with Crippen molar-refractivity contribution < 1.29 is 9.66 Å². The quantitative estimate of drug-likeness (QED) is 0.515. The summed E-state index contributed by atoms with van der Waals surface area (Å²) in [7, 11) is 1.46. The van der Waals surface area contributed by atoms with Crippen molar-refractivity contribution in [3.8, 4) is 6.07 Å². The first-order valence-corrected chi connectivity index (χ1v) is 3.75. The number of imidazole rings is 1. The molecule has 0 fully saturated rings. The zero-order valence-electron chi connectivity index (χ0n) is 7.51. The molecule has 0 unspecified atom stereocenters. The molecule has 0 atom stereocenters. The van der Waals surface area contributed by atoms with Crippen LogP contribution in [0.1, 0.15) is 5.69 Å². The van der Waals surface area contributed by atoms with Gasteiger partial charge >= 0.3 is 5.82 Å². The lowest BCUT2D eigenvalue weighted by Gasteiger charge is -2.01. The molecular weight excluding hydrogens is 188 g/mol. The van der Waals surface area contributed by atoms with Crippen LogP contribution in [0.4, 0.5) is 5.82 Å². The highest BCUT2D eigenvalue weighted by Crippen LogP contribution is 2.16. The lowest BCUT2D eigenvalue weighted by Crippen LogP contribution is -2.04. The molecule has 0 amide bonds. The highest BCUT2D eigenvalue weighted by molar-refractivity contribution is 5.29. The minimum Gasteiger partial charge on any atom is -0.364 e. The second-order valence-corrected chi connectivity index (χ2v) is 2.49. The Kier molecular flexibility index (Phi) is 3.14. The van der Waals surface area contributed by atoms with Gasteiger partial charge in [0.2, 0.25) is 6.33 Å². The number of aromatic nitrogens is 2. The van der Waals surface area contributed by atoms with Crippen LogP contribution in [0.5, 0.6) is 0 Å². The predicted molar refractivity (Wildman–Crippen MR) is 45.2 cm³/mol. The van der Waals surface area contributed by atoms with Gasteiger partial charge in [-0.2, -0.15) is 5.26 Å². The molecule has 1 aromatic heterocycles. The molecule has 0 saturated heterocycles. The van der Waals surface area contributed by atoms with E-state index in [-0.39, 0.29) is 24.7 Å². The van der Waals surface area contributed by atoms with Crippen molar-refractivity contribution in [2.45, 2.75) is 13.2 Å². The smallest absolute Gasteiger partial charge is 0.364 e. The van der Waals surface area contributed by atoms with E-state index in [9.17, 15) is 10.1 Å². The Labute approximate surface area is 79.7 Å². The fourth-order valence-electron chi connectivity index (χ4n) is 1.06. The summed E-state index contributed by atoms with van der Waals surface area (Å²) in [4.78, 5) is 13.5. The molecule has 0 spiro atoms. The lowest BCUT2D eigenvalue weighted by molar-refractivity contribution is -0.390. The number of hydrogen-bond acceptors (Lipinski definition) is 5. The number of nitro groups is 1. The number of nitrogens with zero attached hydrogens (tertiary/aromatic N) is 4. The standard InChI is InChI=1S/C7H8N4O3/c1-14-5-10-4-9-7(11(12)13)6(10)2-3-8/h4H,2,5H2,1H3. The van der Waals surface area contributed by atoms with E-state index in [0.29, 0.717) is 0 Å². The summed E-state index contributed by atoms with van der Waals surface area (Å²) in [6, 6.07) is 1.84. The largest absolute Gasteiger partial charge is 0.385 e. The van der Waals surface area contributed by atoms with Crippen LogP contribution < -0.4 is 0 Å². The molecule has 74 valence electrons. The molecular formula is C7H8N4O3. The monoisotopic (exact) mass is 196 g/mol. The molecule has 0 radical (unpaired) electrons. The number of rotatable bonds is 4. The Morgan fingerprint density at radius 3 is 3.07 bits per heavy atom. The Bertz CT molecular complexity index is 379. The van der Waals surface area contributed by atoms with Gasteiger partial charge in [-0.05, 0) is 9.91 Å². The van der Waals surface area contributed by atoms with Crippen LogP contribution in [0.25, 0.3) is 0 Å². The third-order valence-corrected chi connectivity index (χ3v) is 1.61. The van der Waals surface area contributed by atoms with Crippen molar-refractivity contribution >= 4 is 5.82 Å². The van der Waals surface area contributed by atoms with Gasteiger partial charge in [0.15, 0.2) is 0 Å². The molecule has 1 rings (SSSR count). The Hall–Kier alpha value is -1.94. The van der Waals surface area contributed by atoms with Gasteiger partial charge in [-0.3, -0.25) is 4.57 Å². The van der Waals surface area contributed by atoms with Crippen LogP contribution in [-0.4, -0.2) is 21.6 Å². The van der Waals surface area contributed by atoms with Crippen molar-refractivity contribution in [3.05, 3.63) is 22.1 Å². The van der Waals surface area contributed by atoms with Gasteiger partial charge in [-0.1, -0.05) is 0 Å². The molecule has 0 N–H and O–H groups in total. The van der Waals surface area contributed by atoms with Gasteiger partial charge in [0.25, 0.3) is 0 Å². The minimum absolute atomic E-state index is 0.0559. The summed E-state index contributed by atoms with van der Waals surface area (Å²) in [5, 5.41) is 19.0. The highest BCUT2D eigenvalue weighted by Gasteiger charge is 2.20. The zero-order valence-corrected chi connectivity index (χ0v) is 7.51. The minimum atomic E-state index is -0.612. The van der Waals surface area contributed by atoms with Gasteiger partial charge in [0.1, 0.15) is 12.4 Å². The van der Waals surface area contributed by atoms with Gasteiger partial charge in [0.05, 0.1) is 12.5 Å². The van der Waals surface area contributed by atoms with E-state index in [1.54, 1.807) is 0 Å². The first-order chi connectivity index (χ1) is 6.70. The Morgan fingerprint density at radius 1 is 1.86 bits per heavy atom. The van der Waals surface area contributed by atoms with Crippen LogP contribution >= 0.6 is 0 Å². The predicted octanol–water partition coefficient (Wildman–Crippen LogP) is 0.461. The second-order valence-electron chi connectivity index (χ2n) is 2.49. The second kappa shape index (κ2) is 4.34. The topological polar surface area (TPSA) is 94.0 Å². The van der Waals surface area contributed by atoms with Crippen LogP contribution in [0.2, 0.25) is 0 Å². The first kappa shape index (κ1) is 10.1. The number of hydrogen-bond donors (Lipinski definition) is 0. The van der Waals surface area contributed by atoms with E-state index < -0.39 is 4.92 Å². The van der Waals surface area contributed by atoms with Crippen LogP contribution in [0, 0.1) is 21.4 Å². The maximum Gasteiger partial charge on any atom is 0.385 e. The first-order valence-electron chi connectivity index (χ1n) is 3.75. The lowest BCUT2D eigenvalue weighted by atomic mass is 10.3. The van der Waals surface area contributed by atoms with E-state index in [2.05, 4.69) is 4.98 Å². The Morgan fingerprint density at radius 2 is 2.57 bits per heavy atom. The SMILES string of the molecule is COCn1cnc([N+](=O)[O-])c1CC#N. The Balaban J connectivity index is 3.07. The maximum absolute atomic E-state index is 10.5. The van der Waals surface area contributed by atoms with Crippen molar-refractivity contribution in [2.24, 2.45) is 0 Å². The molecule has 1 heterocycles. The number of nitriles is 1. The van der Waals surface area contributed by atoms with Crippen LogP contribution in [0.3, 0.4) is 0 Å². The molecule has 0 saturated carbocycles. The summed E-state index contributed by atoms with van der Waals surface area (Å²) in [5.41, 5.74) is 0.263. The van der Waals surface area contributed by atoms with Crippen molar-refractivity contribution in [1.29, 1.82) is 5.26 Å². The molecule has 0 aromatic carbocycles. The molecule has 7 heteroatoms. The average molecular weight is 196 g/mol. The molecule has 14 heavy (non-hydrogen) atoms. The molecule has 0 aliphatic rings. The molecule has 0 aliphatic heterocycles. The van der Waals surface area contributed by atoms with E-state index >= 15 is 0 Å². The van der Waals surface area contributed by atoms with E-state index in [0.717, 1.165) is 0 Å². The van der Waals surface area contributed by atoms with Gasteiger partial charge in [0, 0.05) is 7.11 Å². The normalized spacial score (nSPS) is 9.71. The van der Waals surface area contributed by atoms with Crippen LogP contribution in [0.15, 0.2) is 6.33 Å². The summed E-state index contributed by atoms with van der Waals surface area (Å²) < 4.78 is 6.23. The van der Waals surface area contributed by atoms with Crippen molar-refractivity contribution in [2.75, 3.05) is 7.11 Å². The zero-order chi connectivity index (χ0) is 10.6. The van der Waals surface area contributed by atoms with E-state index in [1.165, 1.54) is 18.0 Å². The van der Waals surface area contributed by atoms with E-state index in [4.69, 9.17) is 10.00 Å². The summed E-state index contributed by atoms with van der Waals surface area (Å²) in [6.45, 7) is 0.151. The van der Waals surface area contributed by atoms with Crippen molar-refractivity contribution in [1.82, 2.24) is 9.55 Å². The number of ether oxygens (including phenoxy) is 1. The average Bonchev–Trinajstić information content (AvgIpc) is 2.50. The fourth-order valence-corrected chi connectivity index (χ4v) is 1.06. The van der Waals surface area contributed by atoms with Gasteiger partial charge < -0.3 is 14.9 Å². The van der Waals surface area contributed by atoms with E-state index in [1.807, 2.05) is 6.07 Å². The van der Waals surface area contributed by atoms with Crippen LogP contribution in [-0.2, 0) is 17.9 Å². The molecule has 1 aromatic rings.